The van der Waals surface area contributed by atoms with Gasteiger partial charge in [-0.15, -0.1) is 0 Å². The largest absolute Gasteiger partial charge is 0.370 e. The molecule has 0 aromatic carbocycles. The lowest BCUT2D eigenvalue weighted by Gasteiger charge is -2.29. The summed E-state index contributed by atoms with van der Waals surface area (Å²) in [5.74, 6) is 0.602. The Labute approximate surface area is 108 Å². The van der Waals surface area contributed by atoms with Gasteiger partial charge in [-0.1, -0.05) is 13.3 Å². The molecule has 2 rings (SSSR count). The van der Waals surface area contributed by atoms with E-state index in [1.54, 1.807) is 0 Å². The average Bonchev–Trinajstić information content (AvgIpc) is 2.38. The van der Waals surface area contributed by atoms with Crippen LogP contribution >= 0.6 is 0 Å². The molecule has 1 fully saturated rings. The van der Waals surface area contributed by atoms with E-state index in [2.05, 4.69) is 27.1 Å². The molecular formula is C13H21FN4. The molecule has 0 saturated carbocycles. The van der Waals surface area contributed by atoms with Crippen LogP contribution in [0.4, 0.5) is 10.2 Å². The van der Waals surface area contributed by atoms with Crippen molar-refractivity contribution >= 4 is 5.82 Å². The Hall–Kier alpha value is -1.23. The molecule has 1 aromatic heterocycles. The zero-order valence-electron chi connectivity index (χ0n) is 10.9. The van der Waals surface area contributed by atoms with E-state index in [-0.39, 0.29) is 0 Å². The molecule has 1 unspecified atom stereocenters. The molecule has 1 N–H and O–H groups in total. The first-order chi connectivity index (χ1) is 8.74. The fourth-order valence-electron chi connectivity index (χ4n) is 2.36. The van der Waals surface area contributed by atoms with Crippen LogP contribution in [-0.4, -0.2) is 41.0 Å². The Morgan fingerprint density at radius 3 is 2.83 bits per heavy atom. The van der Waals surface area contributed by atoms with E-state index in [4.69, 9.17) is 0 Å². The fourth-order valence-corrected chi connectivity index (χ4v) is 2.36. The lowest BCUT2D eigenvalue weighted by Crippen LogP contribution is -2.35. The number of nitrogens with one attached hydrogen (secondary N) is 1. The van der Waals surface area contributed by atoms with E-state index in [0.29, 0.717) is 11.7 Å². The van der Waals surface area contributed by atoms with Gasteiger partial charge in [-0.2, -0.15) is 4.39 Å². The maximum absolute atomic E-state index is 12.9. The summed E-state index contributed by atoms with van der Waals surface area (Å²) in [5.41, 5.74) is 0. The van der Waals surface area contributed by atoms with E-state index >= 15 is 0 Å². The quantitative estimate of drug-likeness (QED) is 0.815. The van der Waals surface area contributed by atoms with Crippen molar-refractivity contribution in [2.24, 2.45) is 5.92 Å². The molecule has 1 aromatic rings. The highest BCUT2D eigenvalue weighted by atomic mass is 19.1. The molecular weight excluding hydrogens is 231 g/mol. The average molecular weight is 252 g/mol. The van der Waals surface area contributed by atoms with Crippen molar-refractivity contribution in [1.82, 2.24) is 14.9 Å². The topological polar surface area (TPSA) is 41.1 Å². The molecule has 100 valence electrons. The van der Waals surface area contributed by atoms with Crippen molar-refractivity contribution in [3.63, 3.8) is 0 Å². The highest BCUT2D eigenvalue weighted by molar-refractivity contribution is 5.31. The summed E-state index contributed by atoms with van der Waals surface area (Å²) in [6, 6.07) is 1.33. The predicted octanol–water partition coefficient (Wildman–Crippen LogP) is 2.15. The van der Waals surface area contributed by atoms with Gasteiger partial charge >= 0.3 is 0 Å². The molecule has 18 heavy (non-hydrogen) atoms. The van der Waals surface area contributed by atoms with Gasteiger partial charge in [0.1, 0.15) is 12.1 Å². The summed E-state index contributed by atoms with van der Waals surface area (Å²) in [6.07, 6.45) is 5.24. The molecule has 0 amide bonds. The summed E-state index contributed by atoms with van der Waals surface area (Å²) < 4.78 is 12.9. The third-order valence-electron chi connectivity index (χ3n) is 3.28. The monoisotopic (exact) mass is 252 g/mol. The van der Waals surface area contributed by atoms with E-state index in [1.807, 2.05) is 0 Å². The van der Waals surface area contributed by atoms with Gasteiger partial charge in [0.15, 0.2) is 0 Å². The smallest absolute Gasteiger partial charge is 0.217 e. The minimum Gasteiger partial charge on any atom is -0.370 e. The number of likely N-dealkylation sites (tertiary alicyclic amines) is 1. The number of hydrogen-bond acceptors (Lipinski definition) is 4. The maximum Gasteiger partial charge on any atom is 0.217 e. The summed E-state index contributed by atoms with van der Waals surface area (Å²) in [6.45, 7) is 6.55. The van der Waals surface area contributed by atoms with Crippen molar-refractivity contribution in [2.75, 3.05) is 31.5 Å². The first-order valence-electron chi connectivity index (χ1n) is 6.68. The van der Waals surface area contributed by atoms with Gasteiger partial charge in [0, 0.05) is 19.2 Å². The van der Waals surface area contributed by atoms with E-state index in [1.165, 1.54) is 44.7 Å². The third-order valence-corrected chi connectivity index (χ3v) is 3.28. The predicted molar refractivity (Wildman–Crippen MR) is 69.9 cm³/mol. The van der Waals surface area contributed by atoms with Gasteiger partial charge < -0.3 is 10.2 Å². The van der Waals surface area contributed by atoms with Crippen LogP contribution in [0.15, 0.2) is 12.4 Å². The number of piperidine rings is 1. The van der Waals surface area contributed by atoms with Gasteiger partial charge in [-0.05, 0) is 31.8 Å². The van der Waals surface area contributed by atoms with Crippen molar-refractivity contribution in [3.05, 3.63) is 18.3 Å². The minimum atomic E-state index is -0.490. The second-order valence-corrected chi connectivity index (χ2v) is 5.07. The Bertz CT molecular complexity index is 366. The summed E-state index contributed by atoms with van der Waals surface area (Å²) >= 11 is 0. The molecule has 0 aliphatic carbocycles. The van der Waals surface area contributed by atoms with E-state index in [9.17, 15) is 4.39 Å². The minimum absolute atomic E-state index is 0.490. The summed E-state index contributed by atoms with van der Waals surface area (Å²) in [7, 11) is 0. The second-order valence-electron chi connectivity index (χ2n) is 5.07. The lowest BCUT2D eigenvalue weighted by atomic mass is 10.1. The third kappa shape index (κ3) is 4.22. The molecule has 1 saturated heterocycles. The van der Waals surface area contributed by atoms with Gasteiger partial charge in [0.05, 0.1) is 0 Å². The zero-order valence-corrected chi connectivity index (χ0v) is 10.9. The molecule has 0 radical (unpaired) electrons. The Kier molecular flexibility index (Phi) is 4.87. The van der Waals surface area contributed by atoms with Crippen LogP contribution < -0.4 is 5.32 Å². The molecule has 4 nitrogen and oxygen atoms in total. The van der Waals surface area contributed by atoms with Crippen LogP contribution in [0.3, 0.4) is 0 Å². The van der Waals surface area contributed by atoms with Crippen LogP contribution in [0, 0.1) is 11.9 Å². The van der Waals surface area contributed by atoms with Crippen molar-refractivity contribution in [3.8, 4) is 0 Å². The Morgan fingerprint density at radius 2 is 2.11 bits per heavy atom. The number of halogens is 1. The number of aromatic nitrogens is 2. The zero-order chi connectivity index (χ0) is 12.8. The van der Waals surface area contributed by atoms with E-state index < -0.39 is 5.95 Å². The van der Waals surface area contributed by atoms with Gasteiger partial charge in [-0.25, -0.2) is 9.97 Å². The fraction of sp³-hybridized carbons (Fsp3) is 0.692. The molecule has 2 heterocycles. The number of rotatable bonds is 5. The first kappa shape index (κ1) is 13.2. The summed E-state index contributed by atoms with van der Waals surface area (Å²) in [4.78, 5) is 9.93. The van der Waals surface area contributed by atoms with Crippen LogP contribution in [-0.2, 0) is 0 Å². The molecule has 1 atom stereocenters. The number of hydrogen-bond donors (Lipinski definition) is 1. The Balaban J connectivity index is 1.72. The maximum atomic E-state index is 12.9. The van der Waals surface area contributed by atoms with Crippen LogP contribution in [0.1, 0.15) is 26.2 Å². The van der Waals surface area contributed by atoms with Gasteiger partial charge in [-0.3, -0.25) is 0 Å². The van der Waals surface area contributed by atoms with Crippen LogP contribution in [0.25, 0.3) is 0 Å². The highest BCUT2D eigenvalue weighted by Crippen LogP contribution is 2.11. The van der Waals surface area contributed by atoms with E-state index in [0.717, 1.165) is 13.1 Å². The number of nitrogens with zero attached hydrogens (tertiary/aromatic N) is 3. The first-order valence-corrected chi connectivity index (χ1v) is 6.68. The van der Waals surface area contributed by atoms with Gasteiger partial charge in [0.2, 0.25) is 5.95 Å². The van der Waals surface area contributed by atoms with Crippen LogP contribution in [0.5, 0.6) is 0 Å². The van der Waals surface area contributed by atoms with Crippen LogP contribution in [0.2, 0.25) is 0 Å². The van der Waals surface area contributed by atoms with Crippen molar-refractivity contribution in [1.29, 1.82) is 0 Å². The standard InChI is InChI=1S/C13H21FN4/c1-11(9-18-5-3-2-4-6-18)8-15-13-7-12(14)16-10-17-13/h7,10-11H,2-6,8-9H2,1H3,(H,15,16,17). The van der Waals surface area contributed by atoms with Crippen molar-refractivity contribution in [2.45, 2.75) is 26.2 Å². The normalized spacial score (nSPS) is 18.6. The van der Waals surface area contributed by atoms with Crippen molar-refractivity contribution < 1.29 is 4.39 Å². The second kappa shape index (κ2) is 6.64. The Morgan fingerprint density at radius 1 is 1.33 bits per heavy atom. The van der Waals surface area contributed by atoms with Gasteiger partial charge in [0.25, 0.3) is 0 Å². The molecule has 0 bridgehead atoms. The molecule has 5 heteroatoms. The molecule has 1 aliphatic rings. The number of anilines is 1. The lowest BCUT2D eigenvalue weighted by molar-refractivity contribution is 0.204. The molecule has 0 spiro atoms. The molecule has 1 aliphatic heterocycles. The SMILES string of the molecule is CC(CNc1cc(F)ncn1)CN1CCCCC1. The highest BCUT2D eigenvalue weighted by Gasteiger charge is 2.13. The summed E-state index contributed by atoms with van der Waals surface area (Å²) in [5, 5.41) is 3.16.